The second-order valence-corrected chi connectivity index (χ2v) is 5.65. The molecule has 0 aromatic carbocycles. The highest BCUT2D eigenvalue weighted by Crippen LogP contribution is 2.07. The molecule has 0 saturated carbocycles. The van der Waals surface area contributed by atoms with E-state index in [2.05, 4.69) is 62.3 Å². The number of halogens is 1. The van der Waals surface area contributed by atoms with Crippen LogP contribution in [0.5, 0.6) is 0 Å². The maximum Gasteiger partial charge on any atom is 0.191 e. The molecular weight excluding hydrogens is 351 g/mol. The molecule has 0 radical (unpaired) electrons. The van der Waals surface area contributed by atoms with Gasteiger partial charge in [0.05, 0.1) is 0 Å². The average Bonchev–Trinajstić information content (AvgIpc) is 2.31. The van der Waals surface area contributed by atoms with E-state index in [1.165, 1.54) is 6.42 Å². The minimum Gasteiger partial charge on any atom is -0.355 e. The van der Waals surface area contributed by atoms with Crippen LogP contribution in [0.15, 0.2) is 4.99 Å². The zero-order valence-corrected chi connectivity index (χ0v) is 16.0. The van der Waals surface area contributed by atoms with E-state index in [-0.39, 0.29) is 24.0 Å². The Hall–Kier alpha value is -0.0400. The van der Waals surface area contributed by atoms with E-state index in [0.29, 0.717) is 18.0 Å². The minimum absolute atomic E-state index is 0. The first-order valence-electron chi connectivity index (χ1n) is 7.04. The van der Waals surface area contributed by atoms with Crippen molar-refractivity contribution in [2.75, 3.05) is 27.7 Å². The Morgan fingerprint density at radius 3 is 2.16 bits per heavy atom. The Bertz CT molecular complexity index is 242. The maximum absolute atomic E-state index is 4.26. The van der Waals surface area contributed by atoms with Crippen molar-refractivity contribution in [3.05, 3.63) is 0 Å². The summed E-state index contributed by atoms with van der Waals surface area (Å²) in [5, 5.41) is 6.80. The molecule has 0 aliphatic rings. The molecule has 0 bridgehead atoms. The van der Waals surface area contributed by atoms with Crippen LogP contribution in [-0.2, 0) is 0 Å². The topological polar surface area (TPSA) is 39.7 Å². The third kappa shape index (κ3) is 10.4. The predicted molar refractivity (Wildman–Crippen MR) is 96.6 cm³/mol. The summed E-state index contributed by atoms with van der Waals surface area (Å²) in [5.74, 6) is 1.61. The van der Waals surface area contributed by atoms with Crippen molar-refractivity contribution >= 4 is 29.9 Å². The number of nitrogens with one attached hydrogen (secondary N) is 2. The Morgan fingerprint density at radius 1 is 1.21 bits per heavy atom. The normalized spacial score (nSPS) is 15.1. The quantitative estimate of drug-likeness (QED) is 0.403. The lowest BCUT2D eigenvalue weighted by atomic mass is 10.0. The molecule has 0 rings (SSSR count). The van der Waals surface area contributed by atoms with Crippen LogP contribution in [0.3, 0.4) is 0 Å². The van der Waals surface area contributed by atoms with Crippen molar-refractivity contribution in [2.24, 2.45) is 10.9 Å². The number of likely N-dealkylation sites (N-methyl/N-ethyl adjacent to an activating group) is 1. The molecule has 0 aromatic rings. The van der Waals surface area contributed by atoms with Gasteiger partial charge in [-0.3, -0.25) is 4.99 Å². The van der Waals surface area contributed by atoms with Gasteiger partial charge in [0.25, 0.3) is 0 Å². The fraction of sp³-hybridized carbons (Fsp3) is 0.929. The average molecular weight is 384 g/mol. The van der Waals surface area contributed by atoms with Gasteiger partial charge >= 0.3 is 0 Å². The Morgan fingerprint density at radius 2 is 1.79 bits per heavy atom. The molecule has 0 saturated heterocycles. The van der Waals surface area contributed by atoms with Crippen molar-refractivity contribution in [3.63, 3.8) is 0 Å². The van der Waals surface area contributed by atoms with Crippen LogP contribution in [0.25, 0.3) is 0 Å². The molecule has 4 nitrogen and oxygen atoms in total. The van der Waals surface area contributed by atoms with E-state index in [9.17, 15) is 0 Å². The lowest BCUT2D eigenvalue weighted by molar-refractivity contribution is 0.254. The summed E-state index contributed by atoms with van der Waals surface area (Å²) in [6.45, 7) is 9.81. The van der Waals surface area contributed by atoms with Crippen LogP contribution in [0.4, 0.5) is 0 Å². The van der Waals surface area contributed by atoms with E-state index in [0.717, 1.165) is 18.9 Å². The smallest absolute Gasteiger partial charge is 0.191 e. The molecule has 0 aliphatic carbocycles. The summed E-state index contributed by atoms with van der Waals surface area (Å²) < 4.78 is 0. The number of guanidine groups is 1. The molecule has 0 aliphatic heterocycles. The Labute approximate surface area is 136 Å². The van der Waals surface area contributed by atoms with Crippen LogP contribution >= 0.6 is 24.0 Å². The summed E-state index contributed by atoms with van der Waals surface area (Å²) in [4.78, 5) is 6.54. The fourth-order valence-electron chi connectivity index (χ4n) is 1.77. The van der Waals surface area contributed by atoms with Gasteiger partial charge in [-0.15, -0.1) is 24.0 Å². The van der Waals surface area contributed by atoms with E-state index < -0.39 is 0 Å². The molecule has 116 valence electrons. The number of hydrogen-bond donors (Lipinski definition) is 2. The third-order valence-corrected chi connectivity index (χ3v) is 3.20. The number of nitrogens with zero attached hydrogens (tertiary/aromatic N) is 2. The SMILES string of the molecule is CCC(C)NC(=NC)NCC(CC(C)C)N(C)C.I. The van der Waals surface area contributed by atoms with Gasteiger partial charge in [0.2, 0.25) is 0 Å². The number of aliphatic imine (C=N–C) groups is 1. The standard InChI is InChI=1S/C14H32N4.HI/c1-8-12(4)17-14(15-5)16-10-13(18(6)7)9-11(2)3;/h11-13H,8-10H2,1-7H3,(H2,15,16,17);1H. The lowest BCUT2D eigenvalue weighted by Crippen LogP contribution is -2.47. The summed E-state index contributed by atoms with van der Waals surface area (Å²) in [7, 11) is 6.10. The van der Waals surface area contributed by atoms with Crippen LogP contribution < -0.4 is 10.6 Å². The van der Waals surface area contributed by atoms with Crippen molar-refractivity contribution in [2.45, 2.75) is 52.6 Å². The molecule has 0 aromatic heterocycles. The second-order valence-electron chi connectivity index (χ2n) is 5.65. The Kier molecular flexibility index (Phi) is 13.2. The largest absolute Gasteiger partial charge is 0.355 e. The number of hydrogen-bond acceptors (Lipinski definition) is 2. The molecule has 2 N–H and O–H groups in total. The van der Waals surface area contributed by atoms with E-state index in [1.807, 2.05) is 7.05 Å². The second kappa shape index (κ2) is 11.8. The van der Waals surface area contributed by atoms with Gasteiger partial charge in [-0.05, 0) is 39.8 Å². The van der Waals surface area contributed by atoms with Gasteiger partial charge in [0.15, 0.2) is 5.96 Å². The van der Waals surface area contributed by atoms with Crippen molar-refractivity contribution in [1.82, 2.24) is 15.5 Å². The molecule has 19 heavy (non-hydrogen) atoms. The van der Waals surface area contributed by atoms with Crippen molar-refractivity contribution in [1.29, 1.82) is 0 Å². The van der Waals surface area contributed by atoms with Crippen LogP contribution in [0.1, 0.15) is 40.5 Å². The monoisotopic (exact) mass is 384 g/mol. The summed E-state index contributed by atoms with van der Waals surface area (Å²) >= 11 is 0. The molecule has 0 fully saturated rings. The maximum atomic E-state index is 4.26. The molecule has 2 atom stereocenters. The molecule has 0 amide bonds. The van der Waals surface area contributed by atoms with Gasteiger partial charge in [0, 0.05) is 25.7 Å². The summed E-state index contributed by atoms with van der Waals surface area (Å²) in [6, 6.07) is 1.000. The molecule has 0 heterocycles. The molecule has 5 heteroatoms. The lowest BCUT2D eigenvalue weighted by Gasteiger charge is -2.27. The Balaban J connectivity index is 0. The molecule has 0 spiro atoms. The predicted octanol–water partition coefficient (Wildman–Crippen LogP) is 2.54. The zero-order chi connectivity index (χ0) is 14.1. The highest BCUT2D eigenvalue weighted by atomic mass is 127. The fourth-order valence-corrected chi connectivity index (χ4v) is 1.77. The highest BCUT2D eigenvalue weighted by Gasteiger charge is 2.14. The number of rotatable bonds is 7. The van der Waals surface area contributed by atoms with E-state index in [1.54, 1.807) is 0 Å². The zero-order valence-electron chi connectivity index (χ0n) is 13.7. The van der Waals surface area contributed by atoms with Gasteiger partial charge in [-0.1, -0.05) is 20.8 Å². The van der Waals surface area contributed by atoms with Crippen LogP contribution in [0.2, 0.25) is 0 Å². The van der Waals surface area contributed by atoms with Crippen molar-refractivity contribution < 1.29 is 0 Å². The molecular formula is C14H33IN4. The summed E-state index contributed by atoms with van der Waals surface area (Å²) in [5.41, 5.74) is 0. The van der Waals surface area contributed by atoms with Gasteiger partial charge < -0.3 is 15.5 Å². The van der Waals surface area contributed by atoms with Gasteiger partial charge in [-0.25, -0.2) is 0 Å². The highest BCUT2D eigenvalue weighted by molar-refractivity contribution is 14.0. The van der Waals surface area contributed by atoms with Crippen molar-refractivity contribution in [3.8, 4) is 0 Å². The van der Waals surface area contributed by atoms with E-state index >= 15 is 0 Å². The summed E-state index contributed by atoms with van der Waals surface area (Å²) in [6.07, 6.45) is 2.30. The van der Waals surface area contributed by atoms with Gasteiger partial charge in [-0.2, -0.15) is 0 Å². The van der Waals surface area contributed by atoms with Crippen LogP contribution in [-0.4, -0.2) is 50.6 Å². The van der Waals surface area contributed by atoms with Crippen LogP contribution in [0, 0.1) is 5.92 Å². The first kappa shape index (κ1) is 21.3. The van der Waals surface area contributed by atoms with Gasteiger partial charge in [0.1, 0.15) is 0 Å². The van der Waals surface area contributed by atoms with E-state index in [4.69, 9.17) is 0 Å². The first-order valence-corrected chi connectivity index (χ1v) is 7.04. The third-order valence-electron chi connectivity index (χ3n) is 3.20. The molecule has 2 unspecified atom stereocenters. The minimum atomic E-state index is 0. The first-order chi connectivity index (χ1) is 8.40.